The number of aliphatic hydroxyl groups excluding tert-OH is 1. The Bertz CT molecular complexity index is 1110. The fraction of sp³-hybridized carbons (Fsp3) is 0.861. The van der Waals surface area contributed by atoms with Crippen LogP contribution in [0.5, 0.6) is 0 Å². The Morgan fingerprint density at radius 2 is 1.73 bits per heavy atom. The molecule has 2 amide bonds. The van der Waals surface area contributed by atoms with E-state index in [1.54, 1.807) is 6.08 Å². The number of amides is 2. The van der Waals surface area contributed by atoms with E-state index in [2.05, 4.69) is 19.2 Å². The second kappa shape index (κ2) is 14.4. The normalized spacial score (nSPS) is 38.9. The molecule has 1 unspecified atom stereocenters. The summed E-state index contributed by atoms with van der Waals surface area (Å²) in [5, 5.41) is 27.1. The smallest absolute Gasteiger partial charge is 0.331 e. The van der Waals surface area contributed by atoms with Crippen LogP contribution in [0.15, 0.2) is 11.6 Å². The van der Waals surface area contributed by atoms with Gasteiger partial charge in [-0.05, 0) is 112 Å². The first kappa shape index (κ1) is 34.4. The monoisotopic (exact) mass is 630 g/mol. The maximum atomic E-state index is 12.4. The van der Waals surface area contributed by atoms with Crippen molar-refractivity contribution in [2.24, 2.45) is 40.2 Å². The average molecular weight is 631 g/mol. The molecular weight excluding hydrogens is 572 g/mol. The number of fused-ring (bicyclic) bond motifs is 5. The van der Waals surface area contributed by atoms with Gasteiger partial charge in [-0.3, -0.25) is 9.59 Å². The number of hydrogen-bond donors (Lipinski definition) is 4. The van der Waals surface area contributed by atoms with E-state index in [1.807, 2.05) is 0 Å². The number of carbonyl (C=O) groups is 3. The number of nitrogens with one attached hydrogen (secondary N) is 1. The summed E-state index contributed by atoms with van der Waals surface area (Å²) in [6.45, 7) is 6.20. The zero-order valence-electron chi connectivity index (χ0n) is 27.7. The van der Waals surface area contributed by atoms with Crippen LogP contribution >= 0.6 is 0 Å². The minimum absolute atomic E-state index is 0.0201. The molecule has 9 atom stereocenters. The van der Waals surface area contributed by atoms with E-state index >= 15 is 0 Å². The topological polar surface area (TPSA) is 148 Å². The molecule has 9 heteroatoms. The van der Waals surface area contributed by atoms with Crippen molar-refractivity contribution in [3.63, 3.8) is 0 Å². The number of ether oxygens (including phenoxy) is 2. The number of hydrogen-bond acceptors (Lipinski definition) is 7. The van der Waals surface area contributed by atoms with Crippen LogP contribution in [0.1, 0.15) is 123 Å². The van der Waals surface area contributed by atoms with E-state index < -0.39 is 17.1 Å². The fourth-order valence-corrected chi connectivity index (χ4v) is 10.4. The van der Waals surface area contributed by atoms with E-state index in [-0.39, 0.29) is 47.7 Å². The second-order valence-corrected chi connectivity index (χ2v) is 15.4. The number of esters is 1. The van der Waals surface area contributed by atoms with Crippen LogP contribution in [-0.2, 0) is 23.9 Å². The highest BCUT2D eigenvalue weighted by atomic mass is 16.5. The number of cyclic esters (lactones) is 1. The first-order valence-corrected chi connectivity index (χ1v) is 17.9. The van der Waals surface area contributed by atoms with Crippen molar-refractivity contribution in [1.82, 2.24) is 5.32 Å². The van der Waals surface area contributed by atoms with E-state index in [9.17, 15) is 24.6 Å². The predicted molar refractivity (Wildman–Crippen MR) is 171 cm³/mol. The summed E-state index contributed by atoms with van der Waals surface area (Å²) in [5.74, 6) is 0.516. The second-order valence-electron chi connectivity index (χ2n) is 15.4. The number of carbonyl (C=O) groups excluding carboxylic acids is 3. The highest BCUT2D eigenvalue weighted by Gasteiger charge is 2.70. The number of nitrogens with two attached hydrogens (primary N) is 1. The van der Waals surface area contributed by atoms with Crippen LogP contribution in [0.4, 0.5) is 0 Å². The minimum atomic E-state index is -0.929. The molecule has 4 fully saturated rings. The Morgan fingerprint density at radius 3 is 2.49 bits per heavy atom. The summed E-state index contributed by atoms with van der Waals surface area (Å²) in [6, 6.07) is 0. The Hall–Kier alpha value is -1.97. The number of rotatable bonds is 15. The largest absolute Gasteiger partial charge is 0.458 e. The van der Waals surface area contributed by atoms with Crippen molar-refractivity contribution < 1.29 is 34.1 Å². The van der Waals surface area contributed by atoms with Gasteiger partial charge in [0.05, 0.1) is 17.8 Å². The Balaban J connectivity index is 1.02. The predicted octanol–water partition coefficient (Wildman–Crippen LogP) is 4.71. The van der Waals surface area contributed by atoms with E-state index in [4.69, 9.17) is 15.2 Å². The van der Waals surface area contributed by atoms with Crippen LogP contribution in [0, 0.1) is 34.5 Å². The molecule has 5 aliphatic rings. The van der Waals surface area contributed by atoms with Crippen LogP contribution < -0.4 is 11.1 Å². The molecule has 0 saturated heterocycles. The molecule has 0 aromatic heterocycles. The molecule has 4 aliphatic carbocycles. The third-order valence-corrected chi connectivity index (χ3v) is 13.1. The highest BCUT2D eigenvalue weighted by Crippen LogP contribution is 2.70. The summed E-state index contributed by atoms with van der Waals surface area (Å²) in [6.07, 6.45) is 16.2. The van der Waals surface area contributed by atoms with Gasteiger partial charge in [-0.2, -0.15) is 0 Å². The van der Waals surface area contributed by atoms with Crippen LogP contribution in [0.2, 0.25) is 0 Å². The van der Waals surface area contributed by atoms with Crippen molar-refractivity contribution in [3.05, 3.63) is 11.6 Å². The molecule has 5 rings (SSSR count). The molecule has 0 aromatic rings. The minimum Gasteiger partial charge on any atom is -0.458 e. The fourth-order valence-electron chi connectivity index (χ4n) is 10.4. The highest BCUT2D eigenvalue weighted by molar-refractivity contribution is 5.85. The first-order valence-electron chi connectivity index (χ1n) is 17.9. The summed E-state index contributed by atoms with van der Waals surface area (Å²) in [5.41, 5.74) is 4.59. The van der Waals surface area contributed by atoms with Gasteiger partial charge in [-0.15, -0.1) is 0 Å². The van der Waals surface area contributed by atoms with Crippen molar-refractivity contribution in [3.8, 4) is 0 Å². The van der Waals surface area contributed by atoms with Crippen LogP contribution in [0.25, 0.3) is 0 Å². The van der Waals surface area contributed by atoms with E-state index in [1.165, 1.54) is 0 Å². The van der Waals surface area contributed by atoms with Gasteiger partial charge in [0.2, 0.25) is 11.8 Å². The third kappa shape index (κ3) is 7.01. The summed E-state index contributed by atoms with van der Waals surface area (Å²) < 4.78 is 11.6. The van der Waals surface area contributed by atoms with Crippen molar-refractivity contribution in [2.75, 3.05) is 19.8 Å². The molecular formula is C36H58N2O7. The maximum Gasteiger partial charge on any atom is 0.331 e. The lowest BCUT2D eigenvalue weighted by Crippen LogP contribution is -2.67. The molecule has 9 nitrogen and oxygen atoms in total. The maximum absolute atomic E-state index is 12.4. The van der Waals surface area contributed by atoms with Crippen molar-refractivity contribution in [1.29, 1.82) is 0 Å². The number of aliphatic hydroxyl groups is 2. The first-order chi connectivity index (χ1) is 21.5. The average Bonchev–Trinajstić information content (AvgIpc) is 3.55. The third-order valence-electron chi connectivity index (χ3n) is 13.1. The number of primary amides is 1. The zero-order chi connectivity index (χ0) is 32.2. The van der Waals surface area contributed by atoms with Gasteiger partial charge in [0.25, 0.3) is 0 Å². The van der Waals surface area contributed by atoms with Crippen molar-refractivity contribution >= 4 is 17.8 Å². The molecule has 0 spiro atoms. The summed E-state index contributed by atoms with van der Waals surface area (Å²) in [7, 11) is 0. The standard InChI is InChI=1S/C36H58N2O7/c1-34-16-14-26(44-19-9-4-3-7-11-32(41)38-18-8-5-6-10-31(37)40)21-25(34)12-13-28-29(34)22-30(39)35(2)27(15-17-36(28,35)43)24-20-33(42)45-23-24/h20,25-30,39,43H,3-19,21-23H2,1-2H3,(H2,37,40)(H,38,41)/t25-,26-,27-,28?,29+,30-,34+,35+,36+/m1/s1. The Kier molecular flexibility index (Phi) is 11.0. The summed E-state index contributed by atoms with van der Waals surface area (Å²) >= 11 is 0. The zero-order valence-corrected chi connectivity index (χ0v) is 27.7. The quantitative estimate of drug-likeness (QED) is 0.151. The van der Waals surface area contributed by atoms with Gasteiger partial charge in [0.1, 0.15) is 6.61 Å². The lowest BCUT2D eigenvalue weighted by Gasteiger charge is -2.65. The van der Waals surface area contributed by atoms with Gasteiger partial charge in [-0.1, -0.05) is 33.1 Å². The molecule has 5 N–H and O–H groups in total. The van der Waals surface area contributed by atoms with Crippen LogP contribution in [0.3, 0.4) is 0 Å². The van der Waals surface area contributed by atoms with E-state index in [0.717, 1.165) is 102 Å². The molecule has 4 saturated carbocycles. The van der Waals surface area contributed by atoms with Gasteiger partial charge >= 0.3 is 5.97 Å². The molecule has 1 heterocycles. The van der Waals surface area contributed by atoms with Gasteiger partial charge in [0.15, 0.2) is 0 Å². The van der Waals surface area contributed by atoms with E-state index in [0.29, 0.717) is 37.6 Å². The van der Waals surface area contributed by atoms with Gasteiger partial charge in [-0.25, -0.2) is 4.79 Å². The molecule has 254 valence electrons. The van der Waals surface area contributed by atoms with Gasteiger partial charge < -0.3 is 30.7 Å². The summed E-state index contributed by atoms with van der Waals surface area (Å²) in [4.78, 5) is 34.6. The Labute approximate surface area is 269 Å². The molecule has 1 aliphatic heterocycles. The molecule has 0 radical (unpaired) electrons. The Morgan fingerprint density at radius 1 is 0.978 bits per heavy atom. The SMILES string of the molecule is C[C@]12CC[C@@H](OCCCCCCC(=O)NCCCCCC(N)=O)C[C@H]1CCC1[C@@H]2C[C@@H](O)[C@]2(C)[C@@H](C3=CC(=O)OC3)CC[C@]12O. The molecule has 45 heavy (non-hydrogen) atoms. The molecule has 0 aromatic carbocycles. The lowest BCUT2D eigenvalue weighted by molar-refractivity contribution is -0.245. The number of unbranched alkanes of at least 4 members (excludes halogenated alkanes) is 5. The van der Waals surface area contributed by atoms with Crippen molar-refractivity contribution in [2.45, 2.75) is 141 Å². The lowest BCUT2D eigenvalue weighted by atomic mass is 9.42. The van der Waals surface area contributed by atoms with Gasteiger partial charge in [0, 0.05) is 37.5 Å². The molecule has 0 bridgehead atoms. The van der Waals surface area contributed by atoms with Crippen LogP contribution in [-0.4, -0.2) is 65.6 Å².